The molecule has 3 aromatic rings. The van der Waals surface area contributed by atoms with Gasteiger partial charge in [0.25, 0.3) is 0 Å². The maximum absolute atomic E-state index is 6.00. The third-order valence-corrected chi connectivity index (χ3v) is 2.91. The topological polar surface area (TPSA) is 43.8 Å². The highest BCUT2D eigenvalue weighted by atomic mass is 35.5. The second kappa shape index (κ2) is 3.79. The Morgan fingerprint density at radius 2 is 1.82 bits per heavy atom. The van der Waals surface area contributed by atoms with Crippen molar-refractivity contribution in [3.05, 3.63) is 53.7 Å². The summed E-state index contributed by atoms with van der Waals surface area (Å²) >= 11 is 6.00. The number of rotatable bonds is 1. The largest absolute Gasteiger partial charge is 0.399 e. The normalized spacial score (nSPS) is 10.9. The number of fused-ring (bicyclic) bond motifs is 1. The van der Waals surface area contributed by atoms with Crippen molar-refractivity contribution in [3.63, 3.8) is 0 Å². The second-order valence-corrected chi connectivity index (χ2v) is 4.29. The Kier molecular flexibility index (Phi) is 2.27. The van der Waals surface area contributed by atoms with E-state index in [9.17, 15) is 0 Å². The highest BCUT2D eigenvalue weighted by Gasteiger charge is 2.04. The molecule has 1 aromatic heterocycles. The van der Waals surface area contributed by atoms with E-state index in [4.69, 9.17) is 17.3 Å². The van der Waals surface area contributed by atoms with Crippen molar-refractivity contribution in [3.8, 4) is 5.69 Å². The van der Waals surface area contributed by atoms with Crippen LogP contribution in [0.5, 0.6) is 0 Å². The van der Waals surface area contributed by atoms with E-state index in [1.54, 1.807) is 0 Å². The van der Waals surface area contributed by atoms with E-state index in [2.05, 4.69) is 5.10 Å². The Morgan fingerprint density at radius 1 is 1.06 bits per heavy atom. The van der Waals surface area contributed by atoms with Gasteiger partial charge < -0.3 is 5.73 Å². The summed E-state index contributed by atoms with van der Waals surface area (Å²) in [7, 11) is 0. The molecule has 0 unspecified atom stereocenters. The predicted molar refractivity (Wildman–Crippen MR) is 70.5 cm³/mol. The number of halogens is 1. The molecule has 0 aliphatic carbocycles. The lowest BCUT2D eigenvalue weighted by molar-refractivity contribution is 0.911. The van der Waals surface area contributed by atoms with Crippen LogP contribution < -0.4 is 5.73 Å². The maximum Gasteiger partial charge on any atom is 0.0755 e. The number of nitrogen functional groups attached to an aromatic ring is 1. The van der Waals surface area contributed by atoms with Gasteiger partial charge in [-0.1, -0.05) is 11.6 Å². The van der Waals surface area contributed by atoms with Gasteiger partial charge in [-0.3, -0.25) is 0 Å². The van der Waals surface area contributed by atoms with Gasteiger partial charge in [0.15, 0.2) is 0 Å². The van der Waals surface area contributed by atoms with Crippen LogP contribution in [0.25, 0.3) is 16.6 Å². The van der Waals surface area contributed by atoms with Crippen LogP contribution in [0.3, 0.4) is 0 Å². The molecule has 3 rings (SSSR count). The lowest BCUT2D eigenvalue weighted by atomic mass is 10.2. The summed E-state index contributed by atoms with van der Waals surface area (Å²) < 4.78 is 1.85. The molecule has 1 heterocycles. The fraction of sp³-hybridized carbons (Fsp3) is 0. The van der Waals surface area contributed by atoms with Crippen molar-refractivity contribution < 1.29 is 0 Å². The number of benzene rings is 2. The molecule has 84 valence electrons. The SMILES string of the molecule is Nc1ccc(-n2ncc3ccc(Cl)cc32)cc1. The van der Waals surface area contributed by atoms with Gasteiger partial charge in [0.2, 0.25) is 0 Å². The predicted octanol–water partition coefficient (Wildman–Crippen LogP) is 3.26. The van der Waals surface area contributed by atoms with E-state index in [1.165, 1.54) is 0 Å². The molecule has 3 nitrogen and oxygen atoms in total. The molecular weight excluding hydrogens is 234 g/mol. The van der Waals surface area contributed by atoms with E-state index in [0.717, 1.165) is 22.3 Å². The quantitative estimate of drug-likeness (QED) is 0.667. The molecule has 0 bridgehead atoms. The van der Waals surface area contributed by atoms with E-state index < -0.39 is 0 Å². The first-order valence-corrected chi connectivity index (χ1v) is 5.61. The first-order chi connectivity index (χ1) is 8.24. The van der Waals surface area contributed by atoms with Gasteiger partial charge in [-0.2, -0.15) is 5.10 Å². The zero-order valence-corrected chi connectivity index (χ0v) is 9.72. The van der Waals surface area contributed by atoms with Gasteiger partial charge in [0, 0.05) is 16.1 Å². The van der Waals surface area contributed by atoms with Crippen molar-refractivity contribution >= 4 is 28.2 Å². The monoisotopic (exact) mass is 243 g/mol. The molecule has 0 atom stereocenters. The number of nitrogens with two attached hydrogens (primary N) is 1. The number of anilines is 1. The molecule has 0 fully saturated rings. The summed E-state index contributed by atoms with van der Waals surface area (Å²) in [4.78, 5) is 0. The molecular formula is C13H10ClN3. The van der Waals surface area contributed by atoms with Crippen molar-refractivity contribution in [2.75, 3.05) is 5.73 Å². The Hall–Kier alpha value is -2.00. The Labute approximate surface area is 103 Å². The number of hydrogen-bond acceptors (Lipinski definition) is 2. The van der Waals surface area contributed by atoms with Crippen LogP contribution in [-0.2, 0) is 0 Å². The molecule has 0 amide bonds. The molecule has 0 saturated carbocycles. The first-order valence-electron chi connectivity index (χ1n) is 5.23. The number of nitrogens with zero attached hydrogens (tertiary/aromatic N) is 2. The molecule has 17 heavy (non-hydrogen) atoms. The lowest BCUT2D eigenvalue weighted by Crippen LogP contribution is -1.96. The van der Waals surface area contributed by atoms with Gasteiger partial charge in [-0.05, 0) is 42.5 Å². The minimum Gasteiger partial charge on any atom is -0.399 e. The van der Waals surface area contributed by atoms with Crippen molar-refractivity contribution in [1.82, 2.24) is 9.78 Å². The minimum atomic E-state index is 0.703. The summed E-state index contributed by atoms with van der Waals surface area (Å²) in [5.41, 5.74) is 8.36. The summed E-state index contributed by atoms with van der Waals surface area (Å²) in [5.74, 6) is 0. The molecule has 4 heteroatoms. The van der Waals surface area contributed by atoms with Crippen molar-refractivity contribution in [2.45, 2.75) is 0 Å². The van der Waals surface area contributed by atoms with Gasteiger partial charge in [0.1, 0.15) is 0 Å². The van der Waals surface area contributed by atoms with E-state index >= 15 is 0 Å². The molecule has 2 aromatic carbocycles. The number of hydrogen-bond donors (Lipinski definition) is 1. The zero-order valence-electron chi connectivity index (χ0n) is 8.97. The molecule has 0 aliphatic heterocycles. The highest BCUT2D eigenvalue weighted by molar-refractivity contribution is 6.31. The Bertz CT molecular complexity index is 671. The maximum atomic E-state index is 6.00. The number of aromatic nitrogens is 2. The van der Waals surface area contributed by atoms with Crippen LogP contribution >= 0.6 is 11.6 Å². The van der Waals surface area contributed by atoms with Crippen molar-refractivity contribution in [2.24, 2.45) is 0 Å². The summed E-state index contributed by atoms with van der Waals surface area (Å²) in [6.45, 7) is 0. The van der Waals surface area contributed by atoms with Crippen LogP contribution in [0, 0.1) is 0 Å². The van der Waals surface area contributed by atoms with Crippen LogP contribution in [0.1, 0.15) is 0 Å². The first kappa shape index (κ1) is 10.2. The molecule has 0 spiro atoms. The molecule has 0 aliphatic rings. The van der Waals surface area contributed by atoms with Crippen LogP contribution in [-0.4, -0.2) is 9.78 Å². The van der Waals surface area contributed by atoms with Crippen LogP contribution in [0.15, 0.2) is 48.7 Å². The molecule has 2 N–H and O–H groups in total. The average Bonchev–Trinajstić information content (AvgIpc) is 2.73. The molecule has 0 radical (unpaired) electrons. The Morgan fingerprint density at radius 3 is 2.59 bits per heavy atom. The van der Waals surface area contributed by atoms with Gasteiger partial charge in [0.05, 0.1) is 17.4 Å². The highest BCUT2D eigenvalue weighted by Crippen LogP contribution is 2.22. The van der Waals surface area contributed by atoms with Crippen LogP contribution in [0.4, 0.5) is 5.69 Å². The lowest BCUT2D eigenvalue weighted by Gasteiger charge is -2.04. The van der Waals surface area contributed by atoms with E-state index in [1.807, 2.05) is 53.3 Å². The fourth-order valence-electron chi connectivity index (χ4n) is 1.81. The second-order valence-electron chi connectivity index (χ2n) is 3.85. The van der Waals surface area contributed by atoms with Gasteiger partial charge >= 0.3 is 0 Å². The fourth-order valence-corrected chi connectivity index (χ4v) is 1.98. The standard InChI is InChI=1S/C13H10ClN3/c14-10-2-1-9-8-16-17(13(9)7-10)12-5-3-11(15)4-6-12/h1-8H,15H2. The summed E-state index contributed by atoms with van der Waals surface area (Å²) in [6, 6.07) is 13.3. The van der Waals surface area contributed by atoms with Gasteiger partial charge in [-0.15, -0.1) is 0 Å². The zero-order chi connectivity index (χ0) is 11.8. The van der Waals surface area contributed by atoms with Crippen LogP contribution in [0.2, 0.25) is 5.02 Å². The third kappa shape index (κ3) is 1.74. The smallest absolute Gasteiger partial charge is 0.0755 e. The Balaban J connectivity index is 2.23. The van der Waals surface area contributed by atoms with Gasteiger partial charge in [-0.25, -0.2) is 4.68 Å². The van der Waals surface area contributed by atoms with E-state index in [-0.39, 0.29) is 0 Å². The summed E-state index contributed by atoms with van der Waals surface area (Å²) in [5, 5.41) is 6.12. The third-order valence-electron chi connectivity index (χ3n) is 2.67. The summed E-state index contributed by atoms with van der Waals surface area (Å²) in [6.07, 6.45) is 1.82. The minimum absolute atomic E-state index is 0.703. The average molecular weight is 244 g/mol. The molecule has 0 saturated heterocycles. The van der Waals surface area contributed by atoms with Crippen molar-refractivity contribution in [1.29, 1.82) is 0 Å². The van der Waals surface area contributed by atoms with E-state index in [0.29, 0.717) is 5.02 Å².